The number of hydrogen-bond acceptors (Lipinski definition) is 6. The van der Waals surface area contributed by atoms with Crippen LogP contribution in [0.3, 0.4) is 0 Å². The molecule has 1 aliphatic rings. The number of hydrogen-bond donors (Lipinski definition) is 1. The highest BCUT2D eigenvalue weighted by atomic mass is 16.5. The Bertz CT molecular complexity index is 1510. The first-order valence-electron chi connectivity index (χ1n) is 14.2. The number of ketones is 1. The number of fused-ring (bicyclic) bond motifs is 1. The molecular weight excluding hydrogens is 518 g/mol. The summed E-state index contributed by atoms with van der Waals surface area (Å²) in [7, 11) is 0. The van der Waals surface area contributed by atoms with Crippen molar-refractivity contribution < 1.29 is 19.1 Å². The van der Waals surface area contributed by atoms with Crippen molar-refractivity contribution in [1.82, 2.24) is 20.3 Å². The number of amides is 2. The van der Waals surface area contributed by atoms with E-state index in [1.54, 1.807) is 28.9 Å². The Morgan fingerprint density at radius 2 is 1.68 bits per heavy atom. The van der Waals surface area contributed by atoms with E-state index in [0.717, 1.165) is 37.6 Å². The molecule has 0 aliphatic heterocycles. The largest absolute Gasteiger partial charge is 0.494 e. The average molecular weight is 554 g/mol. The lowest BCUT2D eigenvalue weighted by Gasteiger charge is -2.33. The van der Waals surface area contributed by atoms with Crippen molar-refractivity contribution >= 4 is 34.3 Å². The molecule has 0 saturated heterocycles. The van der Waals surface area contributed by atoms with Crippen molar-refractivity contribution in [3.8, 4) is 5.75 Å². The summed E-state index contributed by atoms with van der Waals surface area (Å²) in [4.78, 5) is 41.8. The fourth-order valence-corrected chi connectivity index (χ4v) is 5.39. The molecule has 9 nitrogen and oxygen atoms in total. The average Bonchev–Trinajstić information content (AvgIpc) is 3.39. The molecule has 4 aromatic rings. The number of nitrogens with one attached hydrogen (secondary N) is 1. The third-order valence-electron chi connectivity index (χ3n) is 7.49. The van der Waals surface area contributed by atoms with Gasteiger partial charge in [0.2, 0.25) is 11.8 Å². The number of nitrogens with zero attached hydrogens (tertiary/aromatic N) is 4. The summed E-state index contributed by atoms with van der Waals surface area (Å²) in [6.07, 6.45) is 5.11. The zero-order valence-corrected chi connectivity index (χ0v) is 23.5. The van der Waals surface area contributed by atoms with E-state index in [1.165, 1.54) is 11.8 Å². The van der Waals surface area contributed by atoms with E-state index < -0.39 is 6.04 Å². The molecule has 1 heterocycles. The van der Waals surface area contributed by atoms with Crippen LogP contribution >= 0.6 is 0 Å². The number of para-hydroxylation sites is 1. The molecule has 212 valence electrons. The molecule has 41 heavy (non-hydrogen) atoms. The van der Waals surface area contributed by atoms with Gasteiger partial charge in [0, 0.05) is 17.3 Å². The van der Waals surface area contributed by atoms with E-state index in [2.05, 4.69) is 15.6 Å². The molecule has 0 bridgehead atoms. The van der Waals surface area contributed by atoms with Crippen LogP contribution in [0.1, 0.15) is 67.9 Å². The molecule has 1 saturated carbocycles. The fourth-order valence-electron chi connectivity index (χ4n) is 5.39. The minimum absolute atomic E-state index is 0.0535. The fraction of sp³-hybridized carbons (Fsp3) is 0.344. The van der Waals surface area contributed by atoms with Crippen molar-refractivity contribution in [2.45, 2.75) is 64.6 Å². The summed E-state index contributed by atoms with van der Waals surface area (Å²) in [5.41, 5.74) is 3.07. The van der Waals surface area contributed by atoms with E-state index in [4.69, 9.17) is 4.74 Å². The van der Waals surface area contributed by atoms with Crippen LogP contribution in [0, 0.1) is 0 Å². The standard InChI is InChI=1S/C32H35N5O4/c1-3-41-27-19-15-24(16-20-27)31(32(40)33-25-9-5-4-6-10-25)37(26-17-13-23(14-18-26)22(2)38)30(39)21-36-29-12-8-7-11-28(29)34-35-36/h7-8,11-20,25,31H,3-6,9-10,21H2,1-2H3,(H,33,40)/t31-/m1/s1. The molecule has 1 N–H and O–H groups in total. The SMILES string of the molecule is CCOc1ccc([C@H](C(=O)NC2CCCCC2)N(C(=O)Cn2nnc3ccccc32)c2ccc(C(C)=O)cc2)cc1. The number of anilines is 1. The van der Waals surface area contributed by atoms with Crippen LogP contribution in [0.15, 0.2) is 72.8 Å². The summed E-state index contributed by atoms with van der Waals surface area (Å²) < 4.78 is 7.17. The second-order valence-electron chi connectivity index (χ2n) is 10.4. The molecule has 3 aromatic carbocycles. The second-order valence-corrected chi connectivity index (χ2v) is 10.4. The van der Waals surface area contributed by atoms with Gasteiger partial charge in [-0.1, -0.05) is 48.7 Å². The third kappa shape index (κ3) is 6.45. The predicted molar refractivity (Wildman–Crippen MR) is 157 cm³/mol. The lowest BCUT2D eigenvalue weighted by atomic mass is 9.94. The lowest BCUT2D eigenvalue weighted by Crippen LogP contribution is -2.48. The predicted octanol–water partition coefficient (Wildman–Crippen LogP) is 5.26. The van der Waals surface area contributed by atoms with E-state index >= 15 is 0 Å². The minimum atomic E-state index is -0.960. The van der Waals surface area contributed by atoms with Crippen molar-refractivity contribution in [2.24, 2.45) is 0 Å². The van der Waals surface area contributed by atoms with Crippen LogP contribution in [0.4, 0.5) is 5.69 Å². The van der Waals surface area contributed by atoms with Gasteiger partial charge in [-0.25, -0.2) is 4.68 Å². The molecule has 2 amide bonds. The molecule has 5 rings (SSSR count). The zero-order chi connectivity index (χ0) is 28.8. The summed E-state index contributed by atoms with van der Waals surface area (Å²) in [6.45, 7) is 3.80. The maximum atomic E-state index is 14.2. The molecule has 0 spiro atoms. The Morgan fingerprint density at radius 1 is 0.976 bits per heavy atom. The molecule has 0 radical (unpaired) electrons. The van der Waals surface area contributed by atoms with Crippen molar-refractivity contribution in [3.63, 3.8) is 0 Å². The van der Waals surface area contributed by atoms with Crippen LogP contribution in [-0.2, 0) is 16.1 Å². The highest BCUT2D eigenvalue weighted by Gasteiger charge is 2.34. The lowest BCUT2D eigenvalue weighted by molar-refractivity contribution is -0.127. The Balaban J connectivity index is 1.57. The highest BCUT2D eigenvalue weighted by molar-refractivity contribution is 6.02. The molecule has 0 unspecified atom stereocenters. The maximum absolute atomic E-state index is 14.2. The summed E-state index contributed by atoms with van der Waals surface area (Å²) >= 11 is 0. The third-order valence-corrected chi connectivity index (χ3v) is 7.49. The Hall–Kier alpha value is -4.53. The number of Topliss-reactive ketones (excluding diaryl/α,β-unsaturated/α-hetero) is 1. The summed E-state index contributed by atoms with van der Waals surface area (Å²) in [5, 5.41) is 11.6. The Labute approximate surface area is 239 Å². The van der Waals surface area contributed by atoms with Gasteiger partial charge in [-0.05, 0) is 80.8 Å². The van der Waals surface area contributed by atoms with Crippen LogP contribution in [0.25, 0.3) is 11.0 Å². The molecule has 1 atom stereocenters. The van der Waals surface area contributed by atoms with Gasteiger partial charge in [0.15, 0.2) is 5.78 Å². The normalized spacial score (nSPS) is 14.4. The minimum Gasteiger partial charge on any atom is -0.494 e. The van der Waals surface area contributed by atoms with E-state index in [-0.39, 0.29) is 30.2 Å². The Kier molecular flexibility index (Phi) is 8.72. The first-order chi connectivity index (χ1) is 19.9. The second kappa shape index (κ2) is 12.8. The topological polar surface area (TPSA) is 106 Å². The maximum Gasteiger partial charge on any atom is 0.249 e. The molecule has 1 aliphatic carbocycles. The number of aromatic nitrogens is 3. The number of rotatable bonds is 10. The molecule has 9 heteroatoms. The summed E-state index contributed by atoms with van der Waals surface area (Å²) in [5.74, 6) is 0.00416. The first-order valence-corrected chi connectivity index (χ1v) is 14.2. The van der Waals surface area contributed by atoms with Crippen LogP contribution in [0.2, 0.25) is 0 Å². The van der Waals surface area contributed by atoms with Gasteiger partial charge in [-0.2, -0.15) is 0 Å². The zero-order valence-electron chi connectivity index (χ0n) is 23.5. The van der Waals surface area contributed by atoms with Gasteiger partial charge >= 0.3 is 0 Å². The van der Waals surface area contributed by atoms with Gasteiger partial charge in [0.05, 0.1) is 12.1 Å². The van der Waals surface area contributed by atoms with Crippen molar-refractivity contribution in [3.05, 3.63) is 83.9 Å². The van der Waals surface area contributed by atoms with E-state index in [0.29, 0.717) is 34.7 Å². The first kappa shape index (κ1) is 28.0. The van der Waals surface area contributed by atoms with Gasteiger partial charge in [-0.15, -0.1) is 5.10 Å². The van der Waals surface area contributed by atoms with Gasteiger partial charge in [-0.3, -0.25) is 19.3 Å². The van der Waals surface area contributed by atoms with Crippen LogP contribution in [-0.4, -0.2) is 45.2 Å². The molecular formula is C32H35N5O4. The van der Waals surface area contributed by atoms with E-state index in [1.807, 2.05) is 55.5 Å². The van der Waals surface area contributed by atoms with Gasteiger partial charge in [0.25, 0.3) is 0 Å². The number of benzene rings is 3. The Morgan fingerprint density at radius 3 is 2.37 bits per heavy atom. The summed E-state index contributed by atoms with van der Waals surface area (Å²) in [6, 6.07) is 20.6. The highest BCUT2D eigenvalue weighted by Crippen LogP contribution is 2.31. The number of ether oxygens (including phenoxy) is 1. The van der Waals surface area contributed by atoms with Crippen molar-refractivity contribution in [2.75, 3.05) is 11.5 Å². The smallest absolute Gasteiger partial charge is 0.249 e. The molecule has 1 fully saturated rings. The van der Waals surface area contributed by atoms with Crippen LogP contribution < -0.4 is 15.0 Å². The van der Waals surface area contributed by atoms with Gasteiger partial charge < -0.3 is 10.1 Å². The monoisotopic (exact) mass is 553 g/mol. The molecule has 1 aromatic heterocycles. The van der Waals surface area contributed by atoms with E-state index in [9.17, 15) is 14.4 Å². The van der Waals surface area contributed by atoms with Crippen molar-refractivity contribution in [1.29, 1.82) is 0 Å². The van der Waals surface area contributed by atoms with Crippen LogP contribution in [0.5, 0.6) is 5.75 Å². The quantitative estimate of drug-likeness (QED) is 0.269. The number of carbonyl (C=O) groups excluding carboxylic acids is 3. The number of carbonyl (C=O) groups is 3. The van der Waals surface area contributed by atoms with Gasteiger partial charge in [0.1, 0.15) is 23.9 Å².